The Bertz CT molecular complexity index is 809. The first-order chi connectivity index (χ1) is 11.7. The van der Waals surface area contributed by atoms with E-state index in [-0.39, 0.29) is 18.0 Å². The van der Waals surface area contributed by atoms with E-state index >= 15 is 0 Å². The second-order valence-electron chi connectivity index (χ2n) is 6.66. The molecule has 0 saturated heterocycles. The summed E-state index contributed by atoms with van der Waals surface area (Å²) in [5.74, 6) is 0.256. The molecule has 0 aliphatic carbocycles. The van der Waals surface area contributed by atoms with Gasteiger partial charge in [0.1, 0.15) is 0 Å². The summed E-state index contributed by atoms with van der Waals surface area (Å²) >= 11 is 0. The molecule has 7 nitrogen and oxygen atoms in total. The number of nitro benzene ring substituents is 1. The van der Waals surface area contributed by atoms with Crippen LogP contribution in [0, 0.1) is 36.8 Å². The van der Waals surface area contributed by atoms with E-state index in [1.165, 1.54) is 6.07 Å². The first-order valence-corrected chi connectivity index (χ1v) is 8.27. The number of benzene rings is 1. The van der Waals surface area contributed by atoms with Crippen LogP contribution in [0.2, 0.25) is 0 Å². The van der Waals surface area contributed by atoms with Gasteiger partial charge in [-0.2, -0.15) is 5.10 Å². The SMILES string of the molecule is Cc1nn(CC(C)C)c(C)c1CC(=O)Nc1cccc([N+](=O)[O-])c1C. The third-order valence-electron chi connectivity index (χ3n) is 4.18. The van der Waals surface area contributed by atoms with E-state index in [1.54, 1.807) is 19.1 Å². The Kier molecular flexibility index (Phi) is 5.56. The predicted octanol–water partition coefficient (Wildman–Crippen LogP) is 3.55. The van der Waals surface area contributed by atoms with Crippen molar-refractivity contribution in [3.05, 3.63) is 50.8 Å². The Labute approximate surface area is 147 Å². The lowest BCUT2D eigenvalue weighted by Gasteiger charge is -2.10. The Morgan fingerprint density at radius 1 is 1.32 bits per heavy atom. The van der Waals surface area contributed by atoms with Crippen LogP contribution in [0.15, 0.2) is 18.2 Å². The molecule has 2 aromatic rings. The van der Waals surface area contributed by atoms with E-state index < -0.39 is 4.92 Å². The molecule has 2 rings (SSSR count). The highest BCUT2D eigenvalue weighted by Crippen LogP contribution is 2.25. The second kappa shape index (κ2) is 7.46. The van der Waals surface area contributed by atoms with Crippen LogP contribution in [0.25, 0.3) is 0 Å². The summed E-state index contributed by atoms with van der Waals surface area (Å²) in [5, 5.41) is 18.3. The Balaban J connectivity index is 2.18. The lowest BCUT2D eigenvalue weighted by molar-refractivity contribution is -0.385. The van der Waals surface area contributed by atoms with Crippen molar-refractivity contribution in [2.45, 2.75) is 47.6 Å². The van der Waals surface area contributed by atoms with Crippen molar-refractivity contribution in [3.8, 4) is 0 Å². The van der Waals surface area contributed by atoms with Gasteiger partial charge in [0, 0.05) is 23.9 Å². The maximum atomic E-state index is 12.4. The molecule has 1 heterocycles. The maximum absolute atomic E-state index is 12.4. The molecule has 0 fully saturated rings. The molecular weight excluding hydrogens is 320 g/mol. The Morgan fingerprint density at radius 2 is 2.00 bits per heavy atom. The van der Waals surface area contributed by atoms with Gasteiger partial charge in [0.25, 0.3) is 5.69 Å². The van der Waals surface area contributed by atoms with Crippen LogP contribution in [-0.2, 0) is 17.8 Å². The van der Waals surface area contributed by atoms with Crippen molar-refractivity contribution < 1.29 is 9.72 Å². The van der Waals surface area contributed by atoms with Crippen molar-refractivity contribution in [1.29, 1.82) is 0 Å². The minimum absolute atomic E-state index is 0.00471. The number of aryl methyl sites for hydroxylation is 1. The van der Waals surface area contributed by atoms with Crippen molar-refractivity contribution >= 4 is 17.3 Å². The number of carbonyl (C=O) groups excluding carboxylic acids is 1. The van der Waals surface area contributed by atoms with Crippen LogP contribution in [0.3, 0.4) is 0 Å². The molecule has 134 valence electrons. The lowest BCUT2D eigenvalue weighted by Crippen LogP contribution is -2.16. The zero-order valence-electron chi connectivity index (χ0n) is 15.3. The van der Waals surface area contributed by atoms with Gasteiger partial charge < -0.3 is 5.32 Å². The molecule has 0 unspecified atom stereocenters. The van der Waals surface area contributed by atoms with Gasteiger partial charge in [-0.3, -0.25) is 19.6 Å². The minimum atomic E-state index is -0.449. The van der Waals surface area contributed by atoms with Crippen molar-refractivity contribution in [1.82, 2.24) is 9.78 Å². The zero-order chi connectivity index (χ0) is 18.7. The molecule has 0 saturated carbocycles. The Morgan fingerprint density at radius 3 is 2.60 bits per heavy atom. The second-order valence-corrected chi connectivity index (χ2v) is 6.66. The standard InChI is InChI=1S/C18H24N4O3/c1-11(2)10-21-14(5)15(13(4)20-21)9-18(23)19-16-7-6-8-17(12(16)3)22(24)25/h6-8,11H,9-10H2,1-5H3,(H,19,23). The molecule has 1 aromatic carbocycles. The fraction of sp³-hybridized carbons (Fsp3) is 0.444. The smallest absolute Gasteiger partial charge is 0.274 e. The topological polar surface area (TPSA) is 90.1 Å². The average Bonchev–Trinajstić information content (AvgIpc) is 2.76. The third-order valence-corrected chi connectivity index (χ3v) is 4.18. The quantitative estimate of drug-likeness (QED) is 0.641. The summed E-state index contributed by atoms with van der Waals surface area (Å²) in [6.45, 7) is 10.5. The molecule has 25 heavy (non-hydrogen) atoms. The van der Waals surface area contributed by atoms with E-state index in [0.717, 1.165) is 23.5 Å². The zero-order valence-corrected chi connectivity index (χ0v) is 15.3. The molecule has 0 aliphatic rings. The van der Waals surface area contributed by atoms with E-state index in [4.69, 9.17) is 0 Å². The number of nitrogens with zero attached hydrogens (tertiary/aromatic N) is 3. The maximum Gasteiger partial charge on any atom is 0.274 e. The molecule has 0 atom stereocenters. The number of nitrogens with one attached hydrogen (secondary N) is 1. The van der Waals surface area contributed by atoms with Crippen LogP contribution in [0.4, 0.5) is 11.4 Å². The molecular formula is C18H24N4O3. The summed E-state index contributed by atoms with van der Waals surface area (Å²) in [4.78, 5) is 23.0. The molecule has 0 bridgehead atoms. The number of nitro groups is 1. The number of carbonyl (C=O) groups is 1. The van der Waals surface area contributed by atoms with E-state index in [9.17, 15) is 14.9 Å². The number of aromatic nitrogens is 2. The van der Waals surface area contributed by atoms with Gasteiger partial charge in [0.05, 0.1) is 28.3 Å². The summed E-state index contributed by atoms with van der Waals surface area (Å²) < 4.78 is 1.93. The molecule has 1 amide bonds. The first-order valence-electron chi connectivity index (χ1n) is 8.27. The summed E-state index contributed by atoms with van der Waals surface area (Å²) in [6, 6.07) is 4.66. The number of hydrogen-bond donors (Lipinski definition) is 1. The van der Waals surface area contributed by atoms with E-state index in [0.29, 0.717) is 17.2 Å². The number of anilines is 1. The molecule has 1 N–H and O–H groups in total. The van der Waals surface area contributed by atoms with Crippen LogP contribution in [0.1, 0.15) is 36.4 Å². The van der Waals surface area contributed by atoms with Crippen molar-refractivity contribution in [2.75, 3.05) is 5.32 Å². The largest absolute Gasteiger partial charge is 0.325 e. The fourth-order valence-corrected chi connectivity index (χ4v) is 2.83. The number of amides is 1. The van der Waals surface area contributed by atoms with Gasteiger partial charge in [-0.15, -0.1) is 0 Å². The van der Waals surface area contributed by atoms with Gasteiger partial charge in [0.15, 0.2) is 0 Å². The molecule has 0 aliphatic heterocycles. The van der Waals surface area contributed by atoms with E-state index in [1.807, 2.05) is 18.5 Å². The number of hydrogen-bond acceptors (Lipinski definition) is 4. The fourth-order valence-electron chi connectivity index (χ4n) is 2.83. The highest BCUT2D eigenvalue weighted by atomic mass is 16.6. The minimum Gasteiger partial charge on any atom is -0.325 e. The van der Waals surface area contributed by atoms with Gasteiger partial charge in [-0.05, 0) is 32.8 Å². The van der Waals surface area contributed by atoms with Gasteiger partial charge in [-0.1, -0.05) is 19.9 Å². The predicted molar refractivity (Wildman–Crippen MR) is 96.7 cm³/mol. The normalized spacial score (nSPS) is 11.0. The van der Waals surface area contributed by atoms with Gasteiger partial charge >= 0.3 is 0 Å². The highest BCUT2D eigenvalue weighted by molar-refractivity contribution is 5.93. The molecule has 0 radical (unpaired) electrons. The van der Waals surface area contributed by atoms with Gasteiger partial charge in [-0.25, -0.2) is 0 Å². The third kappa shape index (κ3) is 4.23. The van der Waals surface area contributed by atoms with Crippen LogP contribution in [0.5, 0.6) is 0 Å². The summed E-state index contributed by atoms with van der Waals surface area (Å²) in [6.07, 6.45) is 0.192. The lowest BCUT2D eigenvalue weighted by atomic mass is 10.1. The van der Waals surface area contributed by atoms with Gasteiger partial charge in [0.2, 0.25) is 5.91 Å². The van der Waals surface area contributed by atoms with Crippen LogP contribution in [-0.4, -0.2) is 20.6 Å². The molecule has 7 heteroatoms. The number of rotatable bonds is 6. The summed E-state index contributed by atoms with van der Waals surface area (Å²) in [5.41, 5.74) is 3.63. The van der Waals surface area contributed by atoms with Crippen LogP contribution >= 0.6 is 0 Å². The summed E-state index contributed by atoms with van der Waals surface area (Å²) in [7, 11) is 0. The first kappa shape index (κ1) is 18.6. The molecule has 1 aromatic heterocycles. The van der Waals surface area contributed by atoms with Crippen LogP contribution < -0.4 is 5.32 Å². The highest BCUT2D eigenvalue weighted by Gasteiger charge is 2.18. The monoisotopic (exact) mass is 344 g/mol. The average molecular weight is 344 g/mol. The Hall–Kier alpha value is -2.70. The van der Waals surface area contributed by atoms with Crippen molar-refractivity contribution in [2.24, 2.45) is 5.92 Å². The molecule has 0 spiro atoms. The van der Waals surface area contributed by atoms with E-state index in [2.05, 4.69) is 24.3 Å². The van der Waals surface area contributed by atoms with Crippen molar-refractivity contribution in [3.63, 3.8) is 0 Å².